The molecule has 2 heterocycles. The van der Waals surface area contributed by atoms with Crippen molar-refractivity contribution >= 4 is 33.5 Å². The van der Waals surface area contributed by atoms with Gasteiger partial charge in [0.1, 0.15) is 0 Å². The van der Waals surface area contributed by atoms with Crippen LogP contribution >= 0.6 is 11.5 Å². The van der Waals surface area contributed by atoms with E-state index >= 15 is 0 Å². The number of hydrogen-bond donors (Lipinski definition) is 3. The molecule has 4 N–H and O–H groups in total. The maximum atomic E-state index is 11.9. The van der Waals surface area contributed by atoms with Gasteiger partial charge in [-0.1, -0.05) is 27.8 Å². The molecule has 1 unspecified atom stereocenters. The van der Waals surface area contributed by atoms with Crippen LogP contribution in [0.4, 0.5) is 5.13 Å². The number of rotatable bonds is 4. The van der Waals surface area contributed by atoms with Crippen molar-refractivity contribution in [3.63, 3.8) is 0 Å². The average molecular weight is 288 g/mol. The predicted molar refractivity (Wildman–Crippen MR) is 76.3 cm³/mol. The summed E-state index contributed by atoms with van der Waals surface area (Å²) in [7, 11) is 0. The molecular weight excluding hydrogens is 276 g/mol. The molecule has 0 radical (unpaired) electrons. The number of fused-ring (bicyclic) bond motifs is 1. The monoisotopic (exact) mass is 288 g/mol. The Hall–Kier alpha value is -2.32. The number of aromatic amines is 1. The number of nitrogens with two attached hydrogens (primary N) is 1. The summed E-state index contributed by atoms with van der Waals surface area (Å²) in [6, 6.07) is 7.24. The van der Waals surface area contributed by atoms with E-state index in [2.05, 4.69) is 25.1 Å². The zero-order valence-electron chi connectivity index (χ0n) is 10.4. The van der Waals surface area contributed by atoms with E-state index in [1.165, 1.54) is 0 Å². The number of carbonyl (C=O) groups is 1. The van der Waals surface area contributed by atoms with Gasteiger partial charge in [0.15, 0.2) is 0 Å². The Balaban J connectivity index is 1.72. The Morgan fingerprint density at radius 2 is 2.30 bits per heavy atom. The van der Waals surface area contributed by atoms with Gasteiger partial charge in [0.2, 0.25) is 11.0 Å². The fourth-order valence-electron chi connectivity index (χ4n) is 2.01. The van der Waals surface area contributed by atoms with Gasteiger partial charge in [-0.05, 0) is 23.3 Å². The molecule has 1 aromatic carbocycles. The molecule has 3 rings (SSSR count). The maximum absolute atomic E-state index is 11.9. The zero-order chi connectivity index (χ0) is 13.9. The third-order valence-electron chi connectivity index (χ3n) is 2.98. The highest BCUT2D eigenvalue weighted by atomic mass is 32.1. The summed E-state index contributed by atoms with van der Waals surface area (Å²) >= 11 is 1.01. The summed E-state index contributed by atoms with van der Waals surface area (Å²) in [5.41, 5.74) is 7.97. The second-order valence-corrected chi connectivity index (χ2v) is 5.06. The van der Waals surface area contributed by atoms with Gasteiger partial charge in [-0.3, -0.25) is 10.1 Å². The third-order valence-corrected chi connectivity index (χ3v) is 3.49. The summed E-state index contributed by atoms with van der Waals surface area (Å²) < 4.78 is 3.57. The minimum absolute atomic E-state index is 0.297. The highest BCUT2D eigenvalue weighted by Crippen LogP contribution is 2.19. The molecule has 0 aliphatic rings. The first kappa shape index (κ1) is 12.7. The number of para-hydroxylation sites is 1. The number of nitrogens with zero attached hydrogens (tertiary/aromatic N) is 3. The van der Waals surface area contributed by atoms with E-state index in [-0.39, 0.29) is 5.91 Å². The Kier molecular flexibility index (Phi) is 3.40. The minimum Gasteiger partial charge on any atom is -0.361 e. The van der Waals surface area contributed by atoms with Crippen LogP contribution in [0.15, 0.2) is 30.5 Å². The minimum atomic E-state index is -0.655. The molecule has 0 aliphatic heterocycles. The molecule has 0 saturated carbocycles. The molecule has 0 bridgehead atoms. The van der Waals surface area contributed by atoms with E-state index in [1.807, 2.05) is 30.5 Å². The third kappa shape index (κ3) is 2.51. The van der Waals surface area contributed by atoms with Gasteiger partial charge in [-0.2, -0.15) is 0 Å². The number of carbonyl (C=O) groups excluding carboxylic acids is 1. The molecule has 2 aromatic heterocycles. The van der Waals surface area contributed by atoms with Crippen LogP contribution in [0.1, 0.15) is 5.56 Å². The molecule has 8 heteroatoms. The molecule has 1 amide bonds. The van der Waals surface area contributed by atoms with Crippen molar-refractivity contribution in [2.75, 3.05) is 5.32 Å². The molecule has 0 spiro atoms. The van der Waals surface area contributed by atoms with Crippen molar-refractivity contribution in [1.29, 1.82) is 0 Å². The normalized spacial score (nSPS) is 12.4. The van der Waals surface area contributed by atoms with Crippen molar-refractivity contribution < 1.29 is 4.79 Å². The fraction of sp³-hybridized carbons (Fsp3) is 0.167. The van der Waals surface area contributed by atoms with Crippen LogP contribution in [-0.4, -0.2) is 31.7 Å². The molecule has 0 saturated heterocycles. The SMILES string of the molecule is NC(Cc1c[nH]c2ccccc12)C(=O)Nc1nnns1. The average Bonchev–Trinajstić information content (AvgIpc) is 3.09. The molecule has 20 heavy (non-hydrogen) atoms. The van der Waals surface area contributed by atoms with E-state index in [0.29, 0.717) is 11.6 Å². The first-order valence-corrected chi connectivity index (χ1v) is 6.78. The molecule has 102 valence electrons. The second-order valence-electron chi connectivity index (χ2n) is 4.33. The molecule has 0 fully saturated rings. The van der Waals surface area contributed by atoms with Crippen LogP contribution in [-0.2, 0) is 11.2 Å². The van der Waals surface area contributed by atoms with Crippen molar-refractivity contribution in [1.82, 2.24) is 19.8 Å². The lowest BCUT2D eigenvalue weighted by molar-refractivity contribution is -0.117. The summed E-state index contributed by atoms with van der Waals surface area (Å²) in [6.45, 7) is 0. The Morgan fingerprint density at radius 3 is 3.10 bits per heavy atom. The first-order valence-electron chi connectivity index (χ1n) is 6.00. The number of anilines is 1. The Bertz CT molecular complexity index is 722. The lowest BCUT2D eigenvalue weighted by atomic mass is 10.1. The molecular formula is C12H12N6OS. The van der Waals surface area contributed by atoms with Gasteiger partial charge in [-0.25, -0.2) is 0 Å². The number of benzene rings is 1. The van der Waals surface area contributed by atoms with Crippen LogP contribution in [0.3, 0.4) is 0 Å². The standard InChI is InChI=1S/C12H12N6OS/c13-9(11(19)15-12-16-17-18-20-12)5-7-6-14-10-4-2-1-3-8(7)10/h1-4,6,9,14H,5,13H2,(H,15,16,18,19). The van der Waals surface area contributed by atoms with Gasteiger partial charge in [0.05, 0.1) is 6.04 Å². The smallest absolute Gasteiger partial charge is 0.243 e. The summed E-state index contributed by atoms with van der Waals surface area (Å²) in [5.74, 6) is -0.297. The lowest BCUT2D eigenvalue weighted by Crippen LogP contribution is -2.37. The molecule has 1 atom stereocenters. The summed E-state index contributed by atoms with van der Waals surface area (Å²) in [5, 5.41) is 11.1. The maximum Gasteiger partial charge on any atom is 0.243 e. The first-order chi connectivity index (χ1) is 9.74. The lowest BCUT2D eigenvalue weighted by Gasteiger charge is -2.09. The van der Waals surface area contributed by atoms with E-state index in [0.717, 1.165) is 28.0 Å². The fourth-order valence-corrected chi connectivity index (χ4v) is 2.38. The van der Waals surface area contributed by atoms with Crippen LogP contribution in [0, 0.1) is 0 Å². The number of H-pyrrole nitrogens is 1. The van der Waals surface area contributed by atoms with Crippen LogP contribution in [0.2, 0.25) is 0 Å². The van der Waals surface area contributed by atoms with Gasteiger partial charge in [-0.15, -0.1) is 0 Å². The topological polar surface area (TPSA) is 110 Å². The van der Waals surface area contributed by atoms with E-state index in [1.54, 1.807) is 0 Å². The van der Waals surface area contributed by atoms with Crippen LogP contribution in [0.25, 0.3) is 10.9 Å². The Labute approximate surface area is 118 Å². The number of aromatic nitrogens is 4. The number of hydrogen-bond acceptors (Lipinski definition) is 6. The van der Waals surface area contributed by atoms with E-state index in [9.17, 15) is 4.79 Å². The van der Waals surface area contributed by atoms with Crippen LogP contribution in [0.5, 0.6) is 0 Å². The predicted octanol–water partition coefficient (Wildman–Crippen LogP) is 0.923. The Morgan fingerprint density at radius 1 is 1.45 bits per heavy atom. The second kappa shape index (κ2) is 5.35. The van der Waals surface area contributed by atoms with Crippen molar-refractivity contribution in [2.24, 2.45) is 5.73 Å². The quantitative estimate of drug-likeness (QED) is 0.661. The van der Waals surface area contributed by atoms with Gasteiger partial charge in [0, 0.05) is 28.6 Å². The van der Waals surface area contributed by atoms with Crippen LogP contribution < -0.4 is 11.1 Å². The van der Waals surface area contributed by atoms with E-state index < -0.39 is 6.04 Å². The van der Waals surface area contributed by atoms with Gasteiger partial charge in [0.25, 0.3) is 0 Å². The zero-order valence-corrected chi connectivity index (χ0v) is 11.2. The summed E-state index contributed by atoms with van der Waals surface area (Å²) in [4.78, 5) is 15.1. The van der Waals surface area contributed by atoms with E-state index in [4.69, 9.17) is 5.73 Å². The number of amides is 1. The molecule has 0 aliphatic carbocycles. The molecule has 3 aromatic rings. The largest absolute Gasteiger partial charge is 0.361 e. The summed E-state index contributed by atoms with van der Waals surface area (Å²) in [6.07, 6.45) is 2.33. The number of nitrogens with one attached hydrogen (secondary N) is 2. The molecule has 7 nitrogen and oxygen atoms in total. The highest BCUT2D eigenvalue weighted by molar-refractivity contribution is 7.09. The van der Waals surface area contributed by atoms with Crippen molar-refractivity contribution in [3.05, 3.63) is 36.0 Å². The van der Waals surface area contributed by atoms with Gasteiger partial charge < -0.3 is 10.7 Å². The van der Waals surface area contributed by atoms with Crippen molar-refractivity contribution in [3.8, 4) is 0 Å². The van der Waals surface area contributed by atoms with Crippen molar-refractivity contribution in [2.45, 2.75) is 12.5 Å². The highest BCUT2D eigenvalue weighted by Gasteiger charge is 2.17. The van der Waals surface area contributed by atoms with Gasteiger partial charge >= 0.3 is 0 Å².